The van der Waals surface area contributed by atoms with E-state index in [1.807, 2.05) is 6.92 Å². The Morgan fingerprint density at radius 3 is 1.68 bits per heavy atom. The summed E-state index contributed by atoms with van der Waals surface area (Å²) in [5, 5.41) is 0. The van der Waals surface area contributed by atoms with Crippen LogP contribution in [0.5, 0.6) is 0 Å². The first kappa shape index (κ1) is 12.0. The fraction of sp³-hybridized carbons (Fsp3) is 0.333. The van der Waals surface area contributed by atoms with Crippen LogP contribution in [0.15, 0.2) is 24.8 Å². The molecule has 0 radical (unpaired) electrons. The second-order valence-electron chi connectivity index (χ2n) is 4.86. The summed E-state index contributed by atoms with van der Waals surface area (Å²) in [6.45, 7) is 6.41. The molecule has 3 rings (SSSR count). The smallest absolute Gasteiger partial charge is 0.0947 e. The fourth-order valence-corrected chi connectivity index (χ4v) is 2.51. The molecular weight excluding hydrogens is 236 g/mol. The van der Waals surface area contributed by atoms with Gasteiger partial charge in [-0.2, -0.15) is 0 Å². The molecule has 1 atom stereocenters. The lowest BCUT2D eigenvalue weighted by Gasteiger charge is -2.15. The molecule has 2 aromatic heterocycles. The molecular formula is C15H16N4. The maximum atomic E-state index is 4.53. The second-order valence-corrected chi connectivity index (χ2v) is 4.86. The van der Waals surface area contributed by atoms with Crippen molar-refractivity contribution in [1.82, 2.24) is 19.9 Å². The molecule has 19 heavy (non-hydrogen) atoms. The average molecular weight is 252 g/mol. The lowest BCUT2D eigenvalue weighted by molar-refractivity contribution is 0.741. The van der Waals surface area contributed by atoms with Gasteiger partial charge in [0.1, 0.15) is 0 Å². The fourth-order valence-electron chi connectivity index (χ4n) is 2.51. The van der Waals surface area contributed by atoms with Gasteiger partial charge in [0.05, 0.1) is 22.1 Å². The van der Waals surface area contributed by atoms with Crippen LogP contribution in [0.4, 0.5) is 0 Å². The third-order valence-corrected chi connectivity index (χ3v) is 3.72. The van der Waals surface area contributed by atoms with Gasteiger partial charge in [-0.3, -0.25) is 19.9 Å². The number of fused-ring (bicyclic) bond motifs is 2. The highest BCUT2D eigenvalue weighted by Gasteiger charge is 2.18. The summed E-state index contributed by atoms with van der Waals surface area (Å²) in [4.78, 5) is 18.0. The van der Waals surface area contributed by atoms with E-state index in [4.69, 9.17) is 0 Å². The van der Waals surface area contributed by atoms with Crippen LogP contribution in [-0.4, -0.2) is 19.9 Å². The number of nitrogens with zero attached hydrogens (tertiary/aromatic N) is 4. The lowest BCUT2D eigenvalue weighted by Crippen LogP contribution is -2.02. The molecule has 0 spiro atoms. The molecule has 2 heterocycles. The molecule has 0 aliphatic carbocycles. The predicted octanol–water partition coefficient (Wildman–Crippen LogP) is 3.39. The molecule has 0 aliphatic rings. The topological polar surface area (TPSA) is 51.6 Å². The molecule has 0 bridgehead atoms. The van der Waals surface area contributed by atoms with Crippen molar-refractivity contribution in [1.29, 1.82) is 0 Å². The zero-order valence-electron chi connectivity index (χ0n) is 11.4. The average Bonchev–Trinajstić information content (AvgIpc) is 2.47. The van der Waals surface area contributed by atoms with E-state index in [1.165, 1.54) is 5.56 Å². The number of hydrogen-bond acceptors (Lipinski definition) is 4. The summed E-state index contributed by atoms with van der Waals surface area (Å²) in [5.41, 5.74) is 6.01. The normalized spacial score (nSPS) is 13.0. The summed E-state index contributed by atoms with van der Waals surface area (Å²) < 4.78 is 0. The zero-order valence-corrected chi connectivity index (χ0v) is 11.4. The van der Waals surface area contributed by atoms with Crippen LogP contribution in [0, 0.1) is 6.92 Å². The van der Waals surface area contributed by atoms with E-state index in [-0.39, 0.29) is 0 Å². The molecule has 96 valence electrons. The summed E-state index contributed by atoms with van der Waals surface area (Å²) in [6.07, 6.45) is 8.00. The van der Waals surface area contributed by atoms with Crippen molar-refractivity contribution in [2.45, 2.75) is 33.1 Å². The first-order valence-electron chi connectivity index (χ1n) is 6.58. The van der Waals surface area contributed by atoms with Crippen LogP contribution < -0.4 is 0 Å². The van der Waals surface area contributed by atoms with Crippen LogP contribution in [0.3, 0.4) is 0 Å². The first-order valence-corrected chi connectivity index (χ1v) is 6.58. The Morgan fingerprint density at radius 2 is 1.26 bits per heavy atom. The van der Waals surface area contributed by atoms with E-state index >= 15 is 0 Å². The van der Waals surface area contributed by atoms with Gasteiger partial charge in [-0.05, 0) is 19.3 Å². The molecule has 1 aromatic carbocycles. The summed E-state index contributed by atoms with van der Waals surface area (Å²) in [5.74, 6) is 0.388. The van der Waals surface area contributed by atoms with Gasteiger partial charge in [0.2, 0.25) is 0 Å². The monoisotopic (exact) mass is 252 g/mol. The van der Waals surface area contributed by atoms with Crippen LogP contribution in [0.25, 0.3) is 22.1 Å². The Morgan fingerprint density at radius 1 is 0.842 bits per heavy atom. The van der Waals surface area contributed by atoms with Crippen molar-refractivity contribution in [2.75, 3.05) is 0 Å². The first-order chi connectivity index (χ1) is 9.24. The van der Waals surface area contributed by atoms with Crippen molar-refractivity contribution in [3.05, 3.63) is 35.9 Å². The number of rotatable bonds is 2. The van der Waals surface area contributed by atoms with Crippen LogP contribution in [0.2, 0.25) is 0 Å². The molecule has 0 N–H and O–H groups in total. The highest BCUT2D eigenvalue weighted by molar-refractivity contribution is 5.99. The van der Waals surface area contributed by atoms with E-state index in [2.05, 4.69) is 33.8 Å². The van der Waals surface area contributed by atoms with E-state index in [1.54, 1.807) is 24.8 Å². The van der Waals surface area contributed by atoms with Gasteiger partial charge in [-0.15, -0.1) is 0 Å². The molecule has 4 heteroatoms. The third kappa shape index (κ3) is 1.75. The third-order valence-electron chi connectivity index (χ3n) is 3.72. The maximum absolute atomic E-state index is 4.53. The van der Waals surface area contributed by atoms with E-state index in [0.29, 0.717) is 5.92 Å². The number of aromatic nitrogens is 4. The summed E-state index contributed by atoms with van der Waals surface area (Å²) in [6, 6.07) is 0. The van der Waals surface area contributed by atoms with E-state index in [9.17, 15) is 0 Å². The van der Waals surface area contributed by atoms with E-state index in [0.717, 1.165) is 34.1 Å². The summed E-state index contributed by atoms with van der Waals surface area (Å²) in [7, 11) is 0. The molecule has 0 saturated heterocycles. The molecule has 0 aliphatic heterocycles. The number of aryl methyl sites for hydroxylation is 1. The minimum absolute atomic E-state index is 0.388. The quantitative estimate of drug-likeness (QED) is 0.656. The number of benzene rings is 1. The lowest BCUT2D eigenvalue weighted by atomic mass is 9.93. The molecule has 0 fully saturated rings. The minimum atomic E-state index is 0.388. The predicted molar refractivity (Wildman–Crippen MR) is 76.1 cm³/mol. The van der Waals surface area contributed by atoms with Gasteiger partial charge in [0, 0.05) is 35.9 Å². The number of hydrogen-bond donors (Lipinski definition) is 0. The van der Waals surface area contributed by atoms with Gasteiger partial charge in [0.25, 0.3) is 0 Å². The Balaban J connectivity index is 2.56. The van der Waals surface area contributed by atoms with Gasteiger partial charge in [-0.25, -0.2) is 0 Å². The Labute approximate surface area is 111 Å². The Kier molecular flexibility index (Phi) is 2.85. The molecule has 1 unspecified atom stereocenters. The van der Waals surface area contributed by atoms with Crippen LogP contribution in [0.1, 0.15) is 37.3 Å². The largest absolute Gasteiger partial charge is 0.253 e. The SMILES string of the molecule is CCC(C)c1c2nccnc2c(C)c2nccnc12. The van der Waals surface area contributed by atoms with Crippen LogP contribution in [-0.2, 0) is 0 Å². The Hall–Kier alpha value is -2.10. The standard InChI is InChI=1S/C15H16N4/c1-4-9(2)11-14-12(16-5-7-18-14)10(3)13-15(11)19-8-6-17-13/h5-9H,4H2,1-3H3. The van der Waals surface area contributed by atoms with Crippen molar-refractivity contribution in [3.8, 4) is 0 Å². The van der Waals surface area contributed by atoms with Crippen molar-refractivity contribution < 1.29 is 0 Å². The Bertz CT molecular complexity index is 695. The minimum Gasteiger partial charge on any atom is -0.253 e. The molecule has 0 saturated carbocycles. The maximum Gasteiger partial charge on any atom is 0.0947 e. The highest BCUT2D eigenvalue weighted by atomic mass is 14.8. The van der Waals surface area contributed by atoms with E-state index < -0.39 is 0 Å². The summed E-state index contributed by atoms with van der Waals surface area (Å²) >= 11 is 0. The van der Waals surface area contributed by atoms with Gasteiger partial charge >= 0.3 is 0 Å². The van der Waals surface area contributed by atoms with Gasteiger partial charge in [0.15, 0.2) is 0 Å². The second kappa shape index (κ2) is 4.53. The van der Waals surface area contributed by atoms with Gasteiger partial charge < -0.3 is 0 Å². The molecule has 4 nitrogen and oxygen atoms in total. The zero-order chi connectivity index (χ0) is 13.4. The van der Waals surface area contributed by atoms with Crippen molar-refractivity contribution in [2.24, 2.45) is 0 Å². The highest BCUT2D eigenvalue weighted by Crippen LogP contribution is 2.33. The van der Waals surface area contributed by atoms with Crippen molar-refractivity contribution >= 4 is 22.1 Å². The van der Waals surface area contributed by atoms with Crippen LogP contribution >= 0.6 is 0 Å². The van der Waals surface area contributed by atoms with Gasteiger partial charge in [-0.1, -0.05) is 13.8 Å². The molecule has 3 aromatic rings. The van der Waals surface area contributed by atoms with Crippen molar-refractivity contribution in [3.63, 3.8) is 0 Å². The molecule has 0 amide bonds.